The van der Waals surface area contributed by atoms with E-state index >= 15 is 0 Å². The second-order valence-electron chi connectivity index (χ2n) is 8.97. The highest BCUT2D eigenvalue weighted by Gasteiger charge is 2.50. The first-order valence-electron chi connectivity index (χ1n) is 11.6. The summed E-state index contributed by atoms with van der Waals surface area (Å²) in [5.74, 6) is -2.21. The van der Waals surface area contributed by atoms with Gasteiger partial charge in [-0.25, -0.2) is 0 Å². The largest absolute Gasteiger partial charge is 0.497 e. The number of nitrogens with zero attached hydrogens (tertiary/aromatic N) is 1. The lowest BCUT2D eigenvalue weighted by molar-refractivity contribution is -0.170. The fraction of sp³-hybridized carbons (Fsp3) is 0.214. The molecule has 1 aliphatic heterocycles. The smallest absolute Gasteiger partial charge is 0.471 e. The van der Waals surface area contributed by atoms with Crippen LogP contribution in [-0.2, 0) is 9.59 Å². The van der Waals surface area contributed by atoms with Gasteiger partial charge in [-0.05, 0) is 59.9 Å². The van der Waals surface area contributed by atoms with Gasteiger partial charge in [-0.1, -0.05) is 48.0 Å². The van der Waals surface area contributed by atoms with E-state index in [-0.39, 0.29) is 29.4 Å². The molecule has 0 saturated carbocycles. The second-order valence-corrected chi connectivity index (χ2v) is 9.40. The van der Waals surface area contributed by atoms with Crippen LogP contribution in [0.25, 0.3) is 0 Å². The molecule has 1 heterocycles. The number of alkyl halides is 3. The molecule has 0 radical (unpaired) electrons. The number of carbonyl (C=O) groups is 2. The van der Waals surface area contributed by atoms with Crippen molar-refractivity contribution in [3.63, 3.8) is 0 Å². The molecule has 5 nitrogen and oxygen atoms in total. The minimum atomic E-state index is -5.17. The normalized spacial score (nSPS) is 19.5. The summed E-state index contributed by atoms with van der Waals surface area (Å²) < 4.78 is 47.3. The van der Waals surface area contributed by atoms with Crippen molar-refractivity contribution in [1.29, 1.82) is 0 Å². The third-order valence-electron chi connectivity index (χ3n) is 6.70. The van der Waals surface area contributed by atoms with Crippen molar-refractivity contribution in [2.75, 3.05) is 17.3 Å². The molecule has 2 aliphatic rings. The number of hydrogen-bond acceptors (Lipinski definition) is 4. The summed E-state index contributed by atoms with van der Waals surface area (Å²) in [4.78, 5) is 27.4. The highest BCUT2D eigenvalue weighted by Crippen LogP contribution is 2.48. The summed E-state index contributed by atoms with van der Waals surface area (Å²) in [5.41, 5.74) is 2.18. The molecule has 190 valence electrons. The van der Waals surface area contributed by atoms with Crippen LogP contribution in [0.4, 0.5) is 24.5 Å². The molecule has 5 rings (SSSR count). The maximum Gasteiger partial charge on any atom is 0.471 e. The summed E-state index contributed by atoms with van der Waals surface area (Å²) in [6.45, 7) is 0. The number of nitrogens with one attached hydrogen (secondary N) is 1. The molecule has 3 aromatic carbocycles. The van der Waals surface area contributed by atoms with E-state index in [1.165, 1.54) is 13.2 Å². The van der Waals surface area contributed by atoms with Crippen LogP contribution in [0.15, 0.2) is 84.1 Å². The minimum absolute atomic E-state index is 0.0305. The molecule has 0 spiro atoms. The summed E-state index contributed by atoms with van der Waals surface area (Å²) in [6, 6.07) is 18.5. The van der Waals surface area contributed by atoms with Crippen molar-refractivity contribution in [2.24, 2.45) is 0 Å². The number of ketones is 1. The van der Waals surface area contributed by atoms with Gasteiger partial charge in [-0.3, -0.25) is 14.5 Å². The summed E-state index contributed by atoms with van der Waals surface area (Å²) in [6.07, 6.45) is -4.72. The number of para-hydroxylation sites is 2. The lowest BCUT2D eigenvalue weighted by atomic mass is 9.78. The number of ether oxygens (including phenoxy) is 1. The van der Waals surface area contributed by atoms with Gasteiger partial charge in [0.25, 0.3) is 0 Å². The molecule has 0 unspecified atom stereocenters. The molecule has 1 N–H and O–H groups in total. The monoisotopic (exact) mass is 526 g/mol. The van der Waals surface area contributed by atoms with Crippen LogP contribution in [0.1, 0.15) is 35.9 Å². The maximum absolute atomic E-state index is 14.0. The lowest BCUT2D eigenvalue weighted by Crippen LogP contribution is -2.45. The number of allylic oxidation sites excluding steroid dienone is 1. The van der Waals surface area contributed by atoms with Gasteiger partial charge >= 0.3 is 12.1 Å². The van der Waals surface area contributed by atoms with Crippen molar-refractivity contribution >= 4 is 34.7 Å². The molecule has 3 aromatic rings. The van der Waals surface area contributed by atoms with Gasteiger partial charge in [0.1, 0.15) is 5.75 Å². The standard InChI is InChI=1S/C28H22ClF3N2O3/c1-37-20-6-4-5-17(13-20)26-25-22(14-18(15-24(25)35)16-9-11-19(29)12-10-16)33-21-7-2-3-8-23(21)34(26)27(36)28(30,31)32/h2-13,18,26,33H,14-15H2,1H3/t18-,26-/m1/s1. The predicted molar refractivity (Wildman–Crippen MR) is 135 cm³/mol. The van der Waals surface area contributed by atoms with Gasteiger partial charge in [-0.15, -0.1) is 0 Å². The number of halogens is 4. The number of methoxy groups -OCH3 is 1. The number of Topliss-reactive ketones (excluding diaryl/α,β-unsaturated/α-hetero) is 1. The van der Waals surface area contributed by atoms with E-state index in [9.17, 15) is 22.8 Å². The van der Waals surface area contributed by atoms with E-state index < -0.39 is 18.1 Å². The Kier molecular flexibility index (Phi) is 6.45. The summed E-state index contributed by atoms with van der Waals surface area (Å²) in [5, 5.41) is 3.77. The molecule has 1 amide bonds. The first-order chi connectivity index (χ1) is 17.7. The SMILES string of the molecule is COc1cccc([C@@H]2C3=C(C[C@@H](c4ccc(Cl)cc4)CC3=O)Nc3ccccc3N2C(=O)C(F)(F)F)c1. The van der Waals surface area contributed by atoms with Crippen molar-refractivity contribution in [3.05, 3.63) is 100 Å². The first kappa shape index (κ1) is 24.9. The quantitative estimate of drug-likeness (QED) is 0.407. The number of rotatable bonds is 3. The first-order valence-corrected chi connectivity index (χ1v) is 12.0. The summed E-state index contributed by atoms with van der Waals surface area (Å²) >= 11 is 6.03. The molecular formula is C28H22ClF3N2O3. The van der Waals surface area contributed by atoms with E-state index in [0.29, 0.717) is 39.0 Å². The Bertz CT molecular complexity index is 1400. The fourth-order valence-electron chi connectivity index (χ4n) is 5.05. The molecule has 0 bridgehead atoms. The highest BCUT2D eigenvalue weighted by atomic mass is 35.5. The van der Waals surface area contributed by atoms with Crippen LogP contribution in [0, 0.1) is 0 Å². The number of carbonyl (C=O) groups excluding carboxylic acids is 2. The van der Waals surface area contributed by atoms with Crippen molar-refractivity contribution in [1.82, 2.24) is 0 Å². The molecule has 0 aromatic heterocycles. The number of amides is 1. The molecule has 2 atom stereocenters. The van der Waals surface area contributed by atoms with Gasteiger partial charge in [0.2, 0.25) is 0 Å². The van der Waals surface area contributed by atoms with Crippen molar-refractivity contribution in [3.8, 4) is 5.75 Å². The fourth-order valence-corrected chi connectivity index (χ4v) is 5.17. The van der Waals surface area contributed by atoms with Crippen molar-refractivity contribution in [2.45, 2.75) is 31.0 Å². The number of hydrogen-bond donors (Lipinski definition) is 1. The molecule has 37 heavy (non-hydrogen) atoms. The van der Waals surface area contributed by atoms with Crippen molar-refractivity contribution < 1.29 is 27.5 Å². The van der Waals surface area contributed by atoms with Gasteiger partial charge in [0.05, 0.1) is 24.5 Å². The van der Waals surface area contributed by atoms with Gasteiger partial charge in [0.15, 0.2) is 5.78 Å². The zero-order valence-electron chi connectivity index (χ0n) is 19.7. The lowest BCUT2D eigenvalue weighted by Gasteiger charge is -2.35. The van der Waals surface area contributed by atoms with Crippen LogP contribution < -0.4 is 15.0 Å². The molecule has 1 aliphatic carbocycles. The third-order valence-corrected chi connectivity index (χ3v) is 6.95. The van der Waals surface area contributed by atoms with E-state index in [1.807, 2.05) is 12.1 Å². The second kappa shape index (κ2) is 9.59. The Morgan fingerprint density at radius 3 is 2.43 bits per heavy atom. The third kappa shape index (κ3) is 4.69. The zero-order valence-corrected chi connectivity index (χ0v) is 20.4. The van der Waals surface area contributed by atoms with Gasteiger partial charge in [-0.2, -0.15) is 13.2 Å². The van der Waals surface area contributed by atoms with E-state index in [4.69, 9.17) is 16.3 Å². The average Bonchev–Trinajstić information content (AvgIpc) is 3.02. The molecule has 0 saturated heterocycles. The Balaban J connectivity index is 1.73. The van der Waals surface area contributed by atoms with E-state index in [1.54, 1.807) is 54.6 Å². The summed E-state index contributed by atoms with van der Waals surface area (Å²) in [7, 11) is 1.44. The Morgan fingerprint density at radius 2 is 1.73 bits per heavy atom. The Labute approximate surface area is 216 Å². The van der Waals surface area contributed by atoms with Crippen LogP contribution in [0.5, 0.6) is 5.75 Å². The van der Waals surface area contributed by atoms with Crippen LogP contribution in [-0.4, -0.2) is 25.0 Å². The molecular weight excluding hydrogens is 505 g/mol. The van der Waals surface area contributed by atoms with Gasteiger partial charge in [0, 0.05) is 22.7 Å². The Hall–Kier alpha value is -3.78. The molecule has 0 fully saturated rings. The number of anilines is 2. The minimum Gasteiger partial charge on any atom is -0.497 e. The van der Waals surface area contributed by atoms with Crippen LogP contribution >= 0.6 is 11.6 Å². The molecule has 9 heteroatoms. The van der Waals surface area contributed by atoms with Crippen LogP contribution in [0.3, 0.4) is 0 Å². The number of fused-ring (bicyclic) bond motifs is 1. The zero-order chi connectivity index (χ0) is 26.3. The predicted octanol–water partition coefficient (Wildman–Crippen LogP) is 6.81. The highest BCUT2D eigenvalue weighted by molar-refractivity contribution is 6.30. The van der Waals surface area contributed by atoms with Crippen LogP contribution in [0.2, 0.25) is 5.02 Å². The van der Waals surface area contributed by atoms with E-state index in [0.717, 1.165) is 5.56 Å². The van der Waals surface area contributed by atoms with E-state index in [2.05, 4.69) is 5.32 Å². The number of benzene rings is 3. The maximum atomic E-state index is 14.0. The topological polar surface area (TPSA) is 58.6 Å². The van der Waals surface area contributed by atoms with Gasteiger partial charge < -0.3 is 10.1 Å². The average molecular weight is 527 g/mol. The Morgan fingerprint density at radius 1 is 1.00 bits per heavy atom.